The van der Waals surface area contributed by atoms with E-state index in [-0.39, 0.29) is 0 Å². The SMILES string of the molecule is Nc1ccc(NCCN2CCSCC2)nc1OCC1CC1. The normalized spacial score (nSPS) is 19.4. The second-order valence-electron chi connectivity index (χ2n) is 5.73. The average molecular weight is 308 g/mol. The van der Waals surface area contributed by atoms with Gasteiger partial charge < -0.3 is 15.8 Å². The van der Waals surface area contributed by atoms with E-state index in [1.54, 1.807) is 0 Å². The molecular weight excluding hydrogens is 284 g/mol. The van der Waals surface area contributed by atoms with Crippen LogP contribution < -0.4 is 15.8 Å². The molecule has 1 saturated heterocycles. The van der Waals surface area contributed by atoms with E-state index in [1.165, 1.54) is 37.4 Å². The number of rotatable bonds is 7. The number of hydrogen-bond donors (Lipinski definition) is 2. The van der Waals surface area contributed by atoms with Gasteiger partial charge in [0.15, 0.2) is 0 Å². The maximum Gasteiger partial charge on any atom is 0.239 e. The van der Waals surface area contributed by atoms with Crippen molar-refractivity contribution in [3.63, 3.8) is 0 Å². The molecule has 0 atom stereocenters. The quantitative estimate of drug-likeness (QED) is 0.802. The van der Waals surface area contributed by atoms with Gasteiger partial charge in [0.25, 0.3) is 0 Å². The fourth-order valence-corrected chi connectivity index (χ4v) is 3.29. The molecule has 5 nitrogen and oxygen atoms in total. The summed E-state index contributed by atoms with van der Waals surface area (Å²) in [5, 5.41) is 3.37. The van der Waals surface area contributed by atoms with E-state index in [1.807, 2.05) is 23.9 Å². The van der Waals surface area contributed by atoms with Crippen LogP contribution in [-0.4, -0.2) is 54.2 Å². The van der Waals surface area contributed by atoms with Crippen LogP contribution in [0.1, 0.15) is 12.8 Å². The summed E-state index contributed by atoms with van der Waals surface area (Å²) in [4.78, 5) is 6.97. The molecule has 2 aliphatic rings. The summed E-state index contributed by atoms with van der Waals surface area (Å²) in [5.74, 6) is 4.63. The molecule has 2 fully saturated rings. The van der Waals surface area contributed by atoms with Crippen LogP contribution in [0, 0.1) is 5.92 Å². The first-order valence-corrected chi connectivity index (χ1v) is 8.90. The monoisotopic (exact) mass is 308 g/mol. The Hall–Kier alpha value is -1.14. The van der Waals surface area contributed by atoms with E-state index < -0.39 is 0 Å². The minimum atomic E-state index is 0.571. The van der Waals surface area contributed by atoms with Crippen molar-refractivity contribution in [3.8, 4) is 5.88 Å². The van der Waals surface area contributed by atoms with Crippen LogP contribution in [0.4, 0.5) is 11.5 Å². The predicted molar refractivity (Wildman–Crippen MR) is 89.1 cm³/mol. The lowest BCUT2D eigenvalue weighted by molar-refractivity contribution is 0.290. The van der Waals surface area contributed by atoms with Crippen LogP contribution in [-0.2, 0) is 0 Å². The lowest BCUT2D eigenvalue weighted by atomic mass is 10.4. The van der Waals surface area contributed by atoms with Gasteiger partial charge in [0, 0.05) is 37.7 Å². The number of nitrogens with one attached hydrogen (secondary N) is 1. The molecule has 21 heavy (non-hydrogen) atoms. The molecule has 1 aliphatic heterocycles. The van der Waals surface area contributed by atoms with Crippen molar-refractivity contribution >= 4 is 23.3 Å². The molecule has 2 heterocycles. The number of hydrogen-bond acceptors (Lipinski definition) is 6. The Labute approximate surface area is 130 Å². The number of nitrogens with two attached hydrogens (primary N) is 1. The van der Waals surface area contributed by atoms with Crippen LogP contribution in [0.2, 0.25) is 0 Å². The van der Waals surface area contributed by atoms with Crippen molar-refractivity contribution in [1.29, 1.82) is 0 Å². The van der Waals surface area contributed by atoms with Gasteiger partial charge in [-0.1, -0.05) is 0 Å². The van der Waals surface area contributed by atoms with Crippen LogP contribution in [0.25, 0.3) is 0 Å². The number of aromatic nitrogens is 1. The molecule has 0 amide bonds. The maximum absolute atomic E-state index is 5.92. The topological polar surface area (TPSA) is 63.4 Å². The molecule has 0 bridgehead atoms. The van der Waals surface area contributed by atoms with Gasteiger partial charge in [0.2, 0.25) is 5.88 Å². The second kappa shape index (κ2) is 7.22. The van der Waals surface area contributed by atoms with Crippen molar-refractivity contribution in [2.75, 3.05) is 55.3 Å². The van der Waals surface area contributed by atoms with Crippen LogP contribution in [0.5, 0.6) is 5.88 Å². The zero-order valence-electron chi connectivity index (χ0n) is 12.4. The Morgan fingerprint density at radius 3 is 2.90 bits per heavy atom. The summed E-state index contributed by atoms with van der Waals surface area (Å²) in [5.41, 5.74) is 6.54. The van der Waals surface area contributed by atoms with Crippen molar-refractivity contribution in [2.24, 2.45) is 5.92 Å². The third kappa shape index (κ3) is 4.68. The van der Waals surface area contributed by atoms with Gasteiger partial charge in [-0.05, 0) is 30.9 Å². The third-order valence-corrected chi connectivity index (χ3v) is 4.82. The highest BCUT2D eigenvalue weighted by Gasteiger charge is 2.22. The van der Waals surface area contributed by atoms with Gasteiger partial charge in [0.05, 0.1) is 12.3 Å². The largest absolute Gasteiger partial charge is 0.476 e. The van der Waals surface area contributed by atoms with E-state index in [4.69, 9.17) is 10.5 Å². The van der Waals surface area contributed by atoms with Gasteiger partial charge in [-0.25, -0.2) is 0 Å². The fourth-order valence-electron chi connectivity index (χ4n) is 2.31. The molecule has 116 valence electrons. The van der Waals surface area contributed by atoms with Crippen molar-refractivity contribution in [2.45, 2.75) is 12.8 Å². The lowest BCUT2D eigenvalue weighted by Crippen LogP contribution is -2.36. The summed E-state index contributed by atoms with van der Waals surface area (Å²) in [6, 6.07) is 3.79. The van der Waals surface area contributed by atoms with Crippen LogP contribution >= 0.6 is 11.8 Å². The van der Waals surface area contributed by atoms with Crippen molar-refractivity contribution in [1.82, 2.24) is 9.88 Å². The van der Waals surface area contributed by atoms with Crippen molar-refractivity contribution < 1.29 is 4.74 Å². The first-order chi connectivity index (χ1) is 10.3. The summed E-state index contributed by atoms with van der Waals surface area (Å²) >= 11 is 2.04. The Kier molecular flexibility index (Phi) is 5.08. The molecule has 0 aromatic carbocycles. The molecule has 1 saturated carbocycles. The molecule has 1 aromatic heterocycles. The molecule has 0 spiro atoms. The number of thioether (sulfide) groups is 1. The zero-order chi connectivity index (χ0) is 14.5. The minimum Gasteiger partial charge on any atom is -0.476 e. The van der Waals surface area contributed by atoms with Gasteiger partial charge in [-0.3, -0.25) is 4.90 Å². The highest BCUT2D eigenvalue weighted by molar-refractivity contribution is 7.99. The Morgan fingerprint density at radius 2 is 2.14 bits per heavy atom. The molecule has 0 radical (unpaired) electrons. The highest BCUT2D eigenvalue weighted by Crippen LogP contribution is 2.30. The molecule has 1 aromatic rings. The maximum atomic E-state index is 5.92. The fraction of sp³-hybridized carbons (Fsp3) is 0.667. The Morgan fingerprint density at radius 1 is 1.33 bits per heavy atom. The summed E-state index contributed by atoms with van der Waals surface area (Å²) in [6.45, 7) is 5.09. The molecule has 3 rings (SSSR count). The average Bonchev–Trinajstić information content (AvgIpc) is 3.33. The number of anilines is 2. The van der Waals surface area contributed by atoms with E-state index in [0.717, 1.165) is 25.5 Å². The number of nitrogens with zero attached hydrogens (tertiary/aromatic N) is 2. The Balaban J connectivity index is 1.46. The molecular formula is C15H24N4OS. The number of pyridine rings is 1. The number of nitrogen functional groups attached to an aromatic ring is 1. The van der Waals surface area contributed by atoms with Crippen LogP contribution in [0.15, 0.2) is 12.1 Å². The second-order valence-corrected chi connectivity index (χ2v) is 6.95. The third-order valence-electron chi connectivity index (χ3n) is 3.88. The minimum absolute atomic E-state index is 0.571. The summed E-state index contributed by atoms with van der Waals surface area (Å²) in [7, 11) is 0. The standard InChI is InChI=1S/C15H24N4OS/c16-13-3-4-14(18-15(13)20-11-12-1-2-12)17-5-6-19-7-9-21-10-8-19/h3-4,12H,1-2,5-11,16H2,(H,17,18). The van der Waals surface area contributed by atoms with E-state index in [9.17, 15) is 0 Å². The molecule has 6 heteroatoms. The lowest BCUT2D eigenvalue weighted by Gasteiger charge is -2.26. The molecule has 0 unspecified atom stereocenters. The van der Waals surface area contributed by atoms with Crippen LogP contribution in [0.3, 0.4) is 0 Å². The van der Waals surface area contributed by atoms with E-state index in [2.05, 4.69) is 15.2 Å². The first-order valence-electron chi connectivity index (χ1n) is 7.74. The molecule has 1 aliphatic carbocycles. The first kappa shape index (κ1) is 14.8. The number of ether oxygens (including phenoxy) is 1. The van der Waals surface area contributed by atoms with E-state index >= 15 is 0 Å². The van der Waals surface area contributed by atoms with Gasteiger partial charge in [-0.2, -0.15) is 16.7 Å². The smallest absolute Gasteiger partial charge is 0.239 e. The predicted octanol–water partition coefficient (Wildman–Crippen LogP) is 1.91. The summed E-state index contributed by atoms with van der Waals surface area (Å²) in [6.07, 6.45) is 2.54. The van der Waals surface area contributed by atoms with E-state index in [0.29, 0.717) is 17.5 Å². The van der Waals surface area contributed by atoms with Gasteiger partial charge in [0.1, 0.15) is 5.82 Å². The van der Waals surface area contributed by atoms with Crippen molar-refractivity contribution in [3.05, 3.63) is 12.1 Å². The zero-order valence-corrected chi connectivity index (χ0v) is 13.2. The van der Waals surface area contributed by atoms with Gasteiger partial charge in [-0.15, -0.1) is 0 Å². The van der Waals surface area contributed by atoms with Gasteiger partial charge >= 0.3 is 0 Å². The Bertz CT molecular complexity index is 461. The highest BCUT2D eigenvalue weighted by atomic mass is 32.2. The summed E-state index contributed by atoms with van der Waals surface area (Å²) < 4.78 is 5.71. The molecule has 3 N–H and O–H groups in total.